The SMILES string of the molecule is CCc1ccc(CNC(=O)[C@](C)(c2ccccc2)N(C)C)s1. The minimum atomic E-state index is -0.674. The van der Waals surface area contributed by atoms with Crippen molar-refractivity contribution in [1.82, 2.24) is 10.2 Å². The van der Waals surface area contributed by atoms with Crippen LogP contribution in [0.2, 0.25) is 0 Å². The third-order valence-electron chi connectivity index (χ3n) is 4.16. The minimum absolute atomic E-state index is 0.0233. The van der Waals surface area contributed by atoms with Crippen molar-refractivity contribution in [3.8, 4) is 0 Å². The molecule has 0 aliphatic rings. The van der Waals surface area contributed by atoms with Crippen molar-refractivity contribution in [3.05, 3.63) is 57.8 Å². The first kappa shape index (κ1) is 16.7. The maximum atomic E-state index is 12.8. The number of carbonyl (C=O) groups excluding carboxylic acids is 1. The Kier molecular flexibility index (Phi) is 5.37. The van der Waals surface area contributed by atoms with Gasteiger partial charge in [-0.25, -0.2) is 0 Å². The second-order valence-corrected chi connectivity index (χ2v) is 6.99. The number of carbonyl (C=O) groups is 1. The van der Waals surface area contributed by atoms with Gasteiger partial charge in [-0.1, -0.05) is 37.3 Å². The number of likely N-dealkylation sites (N-methyl/N-ethyl adjacent to an activating group) is 1. The summed E-state index contributed by atoms with van der Waals surface area (Å²) >= 11 is 1.76. The monoisotopic (exact) mass is 316 g/mol. The van der Waals surface area contributed by atoms with Crippen LogP contribution in [0.15, 0.2) is 42.5 Å². The van der Waals surface area contributed by atoms with E-state index in [1.54, 1.807) is 11.3 Å². The Balaban J connectivity index is 2.13. The Morgan fingerprint density at radius 2 is 1.77 bits per heavy atom. The second-order valence-electron chi connectivity index (χ2n) is 5.74. The van der Waals surface area contributed by atoms with E-state index in [-0.39, 0.29) is 5.91 Å². The predicted octanol–water partition coefficient (Wildman–Crippen LogP) is 3.40. The lowest BCUT2D eigenvalue weighted by molar-refractivity contribution is -0.131. The smallest absolute Gasteiger partial charge is 0.245 e. The van der Waals surface area contributed by atoms with Crippen LogP contribution in [0.1, 0.15) is 29.2 Å². The number of amides is 1. The Morgan fingerprint density at radius 1 is 1.14 bits per heavy atom. The van der Waals surface area contributed by atoms with E-state index in [2.05, 4.69) is 24.4 Å². The van der Waals surface area contributed by atoms with Crippen LogP contribution in [-0.4, -0.2) is 24.9 Å². The van der Waals surface area contributed by atoms with Gasteiger partial charge in [-0.3, -0.25) is 9.69 Å². The van der Waals surface area contributed by atoms with Gasteiger partial charge < -0.3 is 5.32 Å². The van der Waals surface area contributed by atoms with Gasteiger partial charge in [-0.15, -0.1) is 11.3 Å². The normalized spacial score (nSPS) is 13.9. The summed E-state index contributed by atoms with van der Waals surface area (Å²) < 4.78 is 0. The molecule has 3 nitrogen and oxygen atoms in total. The summed E-state index contributed by atoms with van der Waals surface area (Å²) in [5, 5.41) is 3.09. The number of rotatable bonds is 6. The molecule has 0 saturated heterocycles. The standard InChI is InChI=1S/C18H24N2OS/c1-5-15-11-12-16(22-15)13-19-17(21)18(2,20(3)4)14-9-7-6-8-10-14/h6-12H,5,13H2,1-4H3,(H,19,21)/t18-/m0/s1. The maximum Gasteiger partial charge on any atom is 0.245 e. The van der Waals surface area contributed by atoms with Crippen molar-refractivity contribution in [1.29, 1.82) is 0 Å². The van der Waals surface area contributed by atoms with E-state index in [0.717, 1.165) is 12.0 Å². The first-order valence-corrected chi connectivity index (χ1v) is 8.39. The summed E-state index contributed by atoms with van der Waals surface area (Å²) in [6.07, 6.45) is 1.04. The summed E-state index contributed by atoms with van der Waals surface area (Å²) in [6.45, 7) is 4.69. The highest BCUT2D eigenvalue weighted by molar-refractivity contribution is 7.11. The zero-order valence-electron chi connectivity index (χ0n) is 13.7. The molecule has 1 aromatic carbocycles. The average Bonchev–Trinajstić information content (AvgIpc) is 3.00. The molecule has 2 aromatic rings. The van der Waals surface area contributed by atoms with Gasteiger partial charge in [0.1, 0.15) is 5.54 Å². The zero-order chi connectivity index (χ0) is 16.2. The van der Waals surface area contributed by atoms with Gasteiger partial charge >= 0.3 is 0 Å². The molecule has 0 unspecified atom stereocenters. The van der Waals surface area contributed by atoms with E-state index in [9.17, 15) is 4.79 Å². The van der Waals surface area contributed by atoms with Crippen LogP contribution in [-0.2, 0) is 23.3 Å². The molecule has 1 heterocycles. The summed E-state index contributed by atoms with van der Waals surface area (Å²) in [7, 11) is 3.87. The number of aryl methyl sites for hydroxylation is 1. The molecule has 0 fully saturated rings. The highest BCUT2D eigenvalue weighted by Gasteiger charge is 2.37. The quantitative estimate of drug-likeness (QED) is 0.886. The molecule has 1 atom stereocenters. The fraction of sp³-hybridized carbons (Fsp3) is 0.389. The number of nitrogens with one attached hydrogen (secondary N) is 1. The lowest BCUT2D eigenvalue weighted by Gasteiger charge is -2.35. The van der Waals surface area contributed by atoms with E-state index < -0.39 is 5.54 Å². The zero-order valence-corrected chi connectivity index (χ0v) is 14.5. The van der Waals surface area contributed by atoms with E-state index >= 15 is 0 Å². The molecule has 118 valence electrons. The number of hydrogen-bond donors (Lipinski definition) is 1. The lowest BCUT2D eigenvalue weighted by Crippen LogP contribution is -2.51. The van der Waals surface area contributed by atoms with E-state index in [1.807, 2.05) is 56.3 Å². The van der Waals surface area contributed by atoms with Gasteiger partial charge in [-0.2, -0.15) is 0 Å². The van der Waals surface area contributed by atoms with Crippen LogP contribution in [0.25, 0.3) is 0 Å². The van der Waals surface area contributed by atoms with E-state index in [0.29, 0.717) is 6.54 Å². The lowest BCUT2D eigenvalue weighted by atomic mass is 9.89. The summed E-state index contributed by atoms with van der Waals surface area (Å²) in [5.74, 6) is 0.0233. The van der Waals surface area contributed by atoms with Crippen LogP contribution in [0.3, 0.4) is 0 Å². The molecule has 0 aliphatic heterocycles. The van der Waals surface area contributed by atoms with Crippen molar-refractivity contribution < 1.29 is 4.79 Å². The van der Waals surface area contributed by atoms with Crippen molar-refractivity contribution in [3.63, 3.8) is 0 Å². The molecule has 1 amide bonds. The predicted molar refractivity (Wildman–Crippen MR) is 93.0 cm³/mol. The van der Waals surface area contributed by atoms with Gasteiger partial charge in [0.05, 0.1) is 6.54 Å². The molecule has 4 heteroatoms. The maximum absolute atomic E-state index is 12.8. The topological polar surface area (TPSA) is 32.3 Å². The van der Waals surface area contributed by atoms with Crippen LogP contribution >= 0.6 is 11.3 Å². The molecule has 1 N–H and O–H groups in total. The average molecular weight is 316 g/mol. The Morgan fingerprint density at radius 3 is 2.32 bits per heavy atom. The van der Waals surface area contributed by atoms with E-state index in [1.165, 1.54) is 9.75 Å². The van der Waals surface area contributed by atoms with Gasteiger partial charge in [-0.05, 0) is 45.1 Å². The molecule has 0 spiro atoms. The molecule has 0 radical (unpaired) electrons. The van der Waals surface area contributed by atoms with Gasteiger partial charge in [0, 0.05) is 9.75 Å². The third-order valence-corrected chi connectivity index (χ3v) is 5.39. The third kappa shape index (κ3) is 3.39. The van der Waals surface area contributed by atoms with Gasteiger partial charge in [0.15, 0.2) is 0 Å². The van der Waals surface area contributed by atoms with Gasteiger partial charge in [0.2, 0.25) is 5.91 Å². The minimum Gasteiger partial charge on any atom is -0.349 e. The number of hydrogen-bond acceptors (Lipinski definition) is 3. The van der Waals surface area contributed by atoms with Crippen molar-refractivity contribution in [2.45, 2.75) is 32.4 Å². The number of nitrogens with zero attached hydrogens (tertiary/aromatic N) is 1. The van der Waals surface area contributed by atoms with E-state index in [4.69, 9.17) is 0 Å². The van der Waals surface area contributed by atoms with Crippen LogP contribution in [0, 0.1) is 0 Å². The van der Waals surface area contributed by atoms with Crippen LogP contribution < -0.4 is 5.32 Å². The Labute approximate surface area is 137 Å². The molecule has 2 rings (SSSR count). The molecule has 0 aliphatic carbocycles. The fourth-order valence-electron chi connectivity index (χ4n) is 2.40. The largest absolute Gasteiger partial charge is 0.349 e. The second kappa shape index (κ2) is 7.07. The Bertz CT molecular complexity index is 621. The molecular formula is C18H24N2OS. The molecule has 0 saturated carbocycles. The highest BCUT2D eigenvalue weighted by Crippen LogP contribution is 2.26. The molecule has 22 heavy (non-hydrogen) atoms. The molecular weight excluding hydrogens is 292 g/mol. The van der Waals surface area contributed by atoms with Crippen molar-refractivity contribution in [2.75, 3.05) is 14.1 Å². The fourth-order valence-corrected chi connectivity index (χ4v) is 3.30. The summed E-state index contributed by atoms with van der Waals surface area (Å²) in [5.41, 5.74) is 0.324. The Hall–Kier alpha value is -1.65. The van der Waals surface area contributed by atoms with Crippen molar-refractivity contribution >= 4 is 17.2 Å². The van der Waals surface area contributed by atoms with Gasteiger partial charge in [0.25, 0.3) is 0 Å². The summed E-state index contributed by atoms with van der Waals surface area (Å²) in [4.78, 5) is 17.3. The van der Waals surface area contributed by atoms with Crippen LogP contribution in [0.5, 0.6) is 0 Å². The molecule has 0 bridgehead atoms. The number of benzene rings is 1. The van der Waals surface area contributed by atoms with Crippen molar-refractivity contribution in [2.24, 2.45) is 0 Å². The first-order chi connectivity index (χ1) is 10.5. The molecule has 1 aromatic heterocycles. The summed E-state index contributed by atoms with van der Waals surface area (Å²) in [6, 6.07) is 14.1. The number of thiophene rings is 1. The first-order valence-electron chi connectivity index (χ1n) is 7.57. The van der Waals surface area contributed by atoms with Crippen LogP contribution in [0.4, 0.5) is 0 Å². The highest BCUT2D eigenvalue weighted by atomic mass is 32.1.